The highest BCUT2D eigenvalue weighted by molar-refractivity contribution is 14.1. The van der Waals surface area contributed by atoms with Gasteiger partial charge in [-0.3, -0.25) is 4.79 Å². The van der Waals surface area contributed by atoms with Gasteiger partial charge in [-0.2, -0.15) is 0 Å². The molecule has 0 fully saturated rings. The van der Waals surface area contributed by atoms with E-state index < -0.39 is 5.97 Å². The van der Waals surface area contributed by atoms with Crippen LogP contribution in [0.15, 0.2) is 12.1 Å². The largest absolute Gasteiger partial charge is 0.496 e. The highest BCUT2D eigenvalue weighted by Crippen LogP contribution is 2.27. The van der Waals surface area contributed by atoms with Gasteiger partial charge in [0.25, 0.3) is 0 Å². The third-order valence-corrected chi connectivity index (χ3v) is 3.49. The summed E-state index contributed by atoms with van der Waals surface area (Å²) in [6, 6.07) is 3.74. The van der Waals surface area contributed by atoms with Crippen molar-refractivity contribution in [2.75, 3.05) is 7.11 Å². The lowest BCUT2D eigenvalue weighted by molar-refractivity contribution is -0.136. The van der Waals surface area contributed by atoms with Crippen LogP contribution in [-0.2, 0) is 11.2 Å². The van der Waals surface area contributed by atoms with E-state index in [1.54, 1.807) is 7.11 Å². The number of hydrogen-bond donors (Lipinski definition) is 1. The zero-order chi connectivity index (χ0) is 10.7. The summed E-state index contributed by atoms with van der Waals surface area (Å²) in [5.74, 6) is -0.0966. The van der Waals surface area contributed by atoms with E-state index in [2.05, 4.69) is 45.2 Å². The minimum atomic E-state index is -0.827. The molecular weight excluding hydrogens is 410 g/mol. The third kappa shape index (κ3) is 2.97. The zero-order valence-electron chi connectivity index (χ0n) is 7.38. The standard InChI is InChI=1S/C9H8I2O3/c1-14-7-4-6(10)2-5(9(7)11)3-8(12)13/h2,4H,3H2,1H3,(H,12,13). The van der Waals surface area contributed by atoms with Crippen LogP contribution in [0.2, 0.25) is 0 Å². The van der Waals surface area contributed by atoms with E-state index in [0.29, 0.717) is 0 Å². The monoisotopic (exact) mass is 418 g/mol. The second kappa shape index (κ2) is 5.15. The van der Waals surface area contributed by atoms with Gasteiger partial charge in [0.05, 0.1) is 17.1 Å². The van der Waals surface area contributed by atoms with Gasteiger partial charge in [-0.25, -0.2) is 0 Å². The fourth-order valence-electron chi connectivity index (χ4n) is 1.06. The van der Waals surface area contributed by atoms with Crippen molar-refractivity contribution in [1.29, 1.82) is 0 Å². The molecule has 0 spiro atoms. The van der Waals surface area contributed by atoms with Crippen LogP contribution < -0.4 is 4.74 Å². The van der Waals surface area contributed by atoms with Crippen molar-refractivity contribution in [3.05, 3.63) is 24.8 Å². The number of rotatable bonds is 3. The normalized spacial score (nSPS) is 9.93. The first-order chi connectivity index (χ1) is 6.54. The van der Waals surface area contributed by atoms with Gasteiger partial charge in [0.1, 0.15) is 5.75 Å². The first kappa shape index (κ1) is 12.0. The predicted octanol–water partition coefficient (Wildman–Crippen LogP) is 2.53. The Morgan fingerprint density at radius 3 is 2.64 bits per heavy atom. The van der Waals surface area contributed by atoms with Crippen LogP contribution in [0.3, 0.4) is 0 Å². The van der Waals surface area contributed by atoms with E-state index in [1.807, 2.05) is 12.1 Å². The Morgan fingerprint density at radius 1 is 1.50 bits per heavy atom. The molecule has 1 aromatic carbocycles. The maximum absolute atomic E-state index is 10.6. The fourth-order valence-corrected chi connectivity index (χ4v) is 2.44. The van der Waals surface area contributed by atoms with Crippen molar-refractivity contribution >= 4 is 51.2 Å². The van der Waals surface area contributed by atoms with Gasteiger partial charge in [0.15, 0.2) is 0 Å². The summed E-state index contributed by atoms with van der Waals surface area (Å²) in [6.07, 6.45) is 0.0332. The van der Waals surface area contributed by atoms with E-state index in [4.69, 9.17) is 9.84 Å². The molecule has 0 aliphatic carbocycles. The highest BCUT2D eigenvalue weighted by Gasteiger charge is 2.10. The Kier molecular flexibility index (Phi) is 4.42. The average molecular weight is 418 g/mol. The summed E-state index contributed by atoms with van der Waals surface area (Å²) >= 11 is 4.24. The minimum absolute atomic E-state index is 0.0332. The number of ether oxygens (including phenoxy) is 1. The third-order valence-electron chi connectivity index (χ3n) is 1.64. The molecule has 0 saturated carbocycles. The molecule has 0 heterocycles. The number of aliphatic carboxylic acids is 1. The molecule has 14 heavy (non-hydrogen) atoms. The number of carboxylic acids is 1. The van der Waals surface area contributed by atoms with Crippen molar-refractivity contribution in [2.45, 2.75) is 6.42 Å². The van der Waals surface area contributed by atoms with Crippen LogP contribution in [0.1, 0.15) is 5.56 Å². The first-order valence-corrected chi connectivity index (χ1v) is 5.94. The van der Waals surface area contributed by atoms with Crippen LogP contribution in [0, 0.1) is 7.14 Å². The van der Waals surface area contributed by atoms with E-state index in [9.17, 15) is 4.79 Å². The molecule has 1 N–H and O–H groups in total. The first-order valence-electron chi connectivity index (χ1n) is 3.78. The van der Waals surface area contributed by atoms with Crippen LogP contribution >= 0.6 is 45.2 Å². The Labute approximate surface area is 109 Å². The number of halogens is 2. The molecule has 0 aromatic heterocycles. The van der Waals surface area contributed by atoms with Crippen LogP contribution in [0.5, 0.6) is 5.75 Å². The molecule has 5 heteroatoms. The van der Waals surface area contributed by atoms with Crippen molar-refractivity contribution in [3.8, 4) is 5.75 Å². The van der Waals surface area contributed by atoms with Gasteiger partial charge in [-0.1, -0.05) is 0 Å². The molecule has 0 bridgehead atoms. The Balaban J connectivity index is 3.15. The molecule has 1 aromatic rings. The molecular formula is C9H8I2O3. The van der Waals surface area contributed by atoms with Crippen molar-refractivity contribution in [2.24, 2.45) is 0 Å². The summed E-state index contributed by atoms with van der Waals surface area (Å²) < 4.78 is 6.99. The van der Waals surface area contributed by atoms with Gasteiger partial charge < -0.3 is 9.84 Å². The van der Waals surface area contributed by atoms with Gasteiger partial charge in [0, 0.05) is 3.57 Å². The van der Waals surface area contributed by atoms with Crippen molar-refractivity contribution in [3.63, 3.8) is 0 Å². The summed E-state index contributed by atoms with van der Waals surface area (Å²) in [6.45, 7) is 0. The molecule has 0 aliphatic heterocycles. The van der Waals surface area contributed by atoms with Crippen molar-refractivity contribution < 1.29 is 14.6 Å². The number of carbonyl (C=O) groups is 1. The summed E-state index contributed by atoms with van der Waals surface area (Å²) in [7, 11) is 1.58. The smallest absolute Gasteiger partial charge is 0.307 e. The number of carboxylic acid groups (broad SMARTS) is 1. The molecule has 0 atom stereocenters. The average Bonchev–Trinajstić information content (AvgIpc) is 2.09. The number of methoxy groups -OCH3 is 1. The molecule has 76 valence electrons. The van der Waals surface area contributed by atoms with Gasteiger partial charge >= 0.3 is 5.97 Å². The number of hydrogen-bond acceptors (Lipinski definition) is 2. The van der Waals surface area contributed by atoms with Crippen LogP contribution in [0.4, 0.5) is 0 Å². The molecule has 0 saturated heterocycles. The second-order valence-corrected chi connectivity index (χ2v) is 4.98. The molecule has 3 nitrogen and oxygen atoms in total. The Morgan fingerprint density at radius 2 is 2.14 bits per heavy atom. The van der Waals surface area contributed by atoms with E-state index in [-0.39, 0.29) is 6.42 Å². The topological polar surface area (TPSA) is 46.5 Å². The lowest BCUT2D eigenvalue weighted by Gasteiger charge is -2.08. The maximum atomic E-state index is 10.6. The van der Waals surface area contributed by atoms with E-state index in [0.717, 1.165) is 18.5 Å². The van der Waals surface area contributed by atoms with Gasteiger partial charge in [0.2, 0.25) is 0 Å². The van der Waals surface area contributed by atoms with Gasteiger partial charge in [-0.15, -0.1) is 0 Å². The van der Waals surface area contributed by atoms with Crippen LogP contribution in [0.25, 0.3) is 0 Å². The van der Waals surface area contributed by atoms with Crippen molar-refractivity contribution in [1.82, 2.24) is 0 Å². The lowest BCUT2D eigenvalue weighted by atomic mass is 10.1. The lowest BCUT2D eigenvalue weighted by Crippen LogP contribution is -2.03. The molecule has 0 radical (unpaired) electrons. The maximum Gasteiger partial charge on any atom is 0.307 e. The minimum Gasteiger partial charge on any atom is -0.496 e. The fraction of sp³-hybridized carbons (Fsp3) is 0.222. The SMILES string of the molecule is COc1cc(I)cc(CC(=O)O)c1I. The Hall–Kier alpha value is -0.0500. The zero-order valence-corrected chi connectivity index (χ0v) is 11.7. The van der Waals surface area contributed by atoms with E-state index in [1.165, 1.54) is 0 Å². The molecule has 0 aliphatic rings. The summed E-state index contributed by atoms with van der Waals surface area (Å²) in [4.78, 5) is 10.6. The summed E-state index contributed by atoms with van der Waals surface area (Å²) in [5, 5.41) is 8.70. The van der Waals surface area contributed by atoms with Crippen LogP contribution in [-0.4, -0.2) is 18.2 Å². The molecule has 0 amide bonds. The quantitative estimate of drug-likeness (QED) is 0.769. The molecule has 1 rings (SSSR count). The molecule has 0 unspecified atom stereocenters. The predicted molar refractivity (Wildman–Crippen MR) is 69.8 cm³/mol. The summed E-state index contributed by atoms with van der Waals surface area (Å²) in [5.41, 5.74) is 0.793. The van der Waals surface area contributed by atoms with Gasteiger partial charge in [-0.05, 0) is 62.9 Å². The highest BCUT2D eigenvalue weighted by atomic mass is 127. The van der Waals surface area contributed by atoms with E-state index >= 15 is 0 Å². The second-order valence-electron chi connectivity index (χ2n) is 2.65. The number of benzene rings is 1. The Bertz CT molecular complexity index is 363.